The van der Waals surface area contributed by atoms with Gasteiger partial charge >= 0.3 is 0 Å². The predicted molar refractivity (Wildman–Crippen MR) is 107 cm³/mol. The van der Waals surface area contributed by atoms with Crippen molar-refractivity contribution < 1.29 is 16.9 Å². The largest absolute Gasteiger partial charge is 0.216 e. The van der Waals surface area contributed by atoms with E-state index in [4.69, 9.17) is 12.3 Å². The molecule has 0 saturated heterocycles. The van der Waals surface area contributed by atoms with Gasteiger partial charge in [0.05, 0.1) is 5.56 Å². The Bertz CT molecular complexity index is 1380. The second-order valence-electron chi connectivity index (χ2n) is 7.61. The fourth-order valence-electron chi connectivity index (χ4n) is 4.78. The highest BCUT2D eigenvalue weighted by Gasteiger charge is 2.57. The van der Waals surface area contributed by atoms with Crippen LogP contribution in [0.1, 0.15) is 60.7 Å². The van der Waals surface area contributed by atoms with Crippen LogP contribution in [0.4, 0.5) is 0 Å². The molecule has 2 aliphatic rings. The van der Waals surface area contributed by atoms with E-state index in [1.165, 1.54) is 6.07 Å². The van der Waals surface area contributed by atoms with Crippen LogP contribution in [-0.4, -0.2) is 0 Å². The first-order chi connectivity index (χ1) is 16.0. The molecule has 1 heterocycles. The van der Waals surface area contributed by atoms with Crippen LogP contribution < -0.4 is 4.57 Å². The minimum Gasteiger partial charge on any atom is -0.201 e. The highest BCUT2D eigenvalue weighted by Crippen LogP contribution is 2.63. The van der Waals surface area contributed by atoms with Gasteiger partial charge in [-0.3, -0.25) is 0 Å². The Morgan fingerprint density at radius 2 is 1.73 bits per heavy atom. The van der Waals surface area contributed by atoms with E-state index < -0.39 is 31.4 Å². The Balaban J connectivity index is 2.23. The summed E-state index contributed by atoms with van der Waals surface area (Å²) in [5, 5.41) is 0. The van der Waals surface area contributed by atoms with Crippen LogP contribution in [0.3, 0.4) is 0 Å². The summed E-state index contributed by atoms with van der Waals surface area (Å²) in [6, 6.07) is 12.1. The number of benzene rings is 2. The van der Waals surface area contributed by atoms with Crippen LogP contribution in [-0.2, 0) is 17.9 Å². The van der Waals surface area contributed by atoms with Crippen molar-refractivity contribution in [3.63, 3.8) is 0 Å². The maximum absolute atomic E-state index is 8.95. The van der Waals surface area contributed by atoms with Gasteiger partial charge < -0.3 is 0 Å². The molecule has 26 heavy (non-hydrogen) atoms. The third-order valence-electron chi connectivity index (χ3n) is 6.04. The average molecular weight is 350 g/mol. The molecule has 1 heteroatoms. The third kappa shape index (κ3) is 1.56. The summed E-state index contributed by atoms with van der Waals surface area (Å²) in [6.07, 6.45) is 1.73. The van der Waals surface area contributed by atoms with E-state index in [9.17, 15) is 0 Å². The smallest absolute Gasteiger partial charge is 0.201 e. The van der Waals surface area contributed by atoms with Crippen molar-refractivity contribution in [3.05, 3.63) is 76.5 Å². The average Bonchev–Trinajstić information content (AvgIpc) is 2.99. The molecule has 2 aromatic carbocycles. The second-order valence-corrected chi connectivity index (χ2v) is 7.61. The Hall–Kier alpha value is -2.41. The number of pyridine rings is 1. The molecular weight excluding hydrogens is 314 g/mol. The van der Waals surface area contributed by atoms with E-state index in [2.05, 4.69) is 0 Å². The van der Waals surface area contributed by atoms with Crippen LogP contribution in [0.15, 0.2) is 48.7 Å². The molecule has 0 amide bonds. The molecule has 0 saturated carbocycles. The molecule has 0 radical (unpaired) electrons. The molecule has 3 aromatic rings. The lowest BCUT2D eigenvalue weighted by molar-refractivity contribution is -0.661. The molecule has 130 valence electrons. The molecule has 1 nitrogen and oxygen atoms in total. The summed E-state index contributed by atoms with van der Waals surface area (Å²) in [5.74, 6) is 0. The predicted octanol–water partition coefficient (Wildman–Crippen LogP) is 5.37. The Labute approximate surface area is 169 Å². The van der Waals surface area contributed by atoms with Crippen molar-refractivity contribution in [2.24, 2.45) is 7.05 Å². The lowest BCUT2D eigenvalue weighted by atomic mass is 9.54. The Kier molecular flexibility index (Phi) is 1.61. The molecule has 0 spiro atoms. The molecule has 0 bridgehead atoms. The molecule has 0 N–H and O–H groups in total. The van der Waals surface area contributed by atoms with Gasteiger partial charge in [-0.2, -0.15) is 0 Å². The van der Waals surface area contributed by atoms with Crippen LogP contribution in [0.25, 0.3) is 22.4 Å². The van der Waals surface area contributed by atoms with Crippen LogP contribution in [0.2, 0.25) is 0 Å². The number of nitrogens with zero attached hydrogens (tertiary/aromatic N) is 1. The van der Waals surface area contributed by atoms with Gasteiger partial charge in [0.25, 0.3) is 0 Å². The first-order valence-corrected chi connectivity index (χ1v) is 8.78. The zero-order valence-electron chi connectivity index (χ0n) is 24.1. The highest BCUT2D eigenvalue weighted by atomic mass is 14.9. The Morgan fingerprint density at radius 3 is 2.50 bits per heavy atom. The number of hydrogen-bond acceptors (Lipinski definition) is 0. The lowest BCUT2D eigenvalue weighted by Crippen LogP contribution is -2.49. The molecule has 0 fully saturated rings. The maximum atomic E-state index is 8.95. The summed E-state index contributed by atoms with van der Waals surface area (Å²) in [5.41, 5.74) is -0.878. The number of aromatic nitrogens is 1. The van der Waals surface area contributed by atoms with Gasteiger partial charge in [-0.25, -0.2) is 4.57 Å². The fourth-order valence-corrected chi connectivity index (χ4v) is 4.78. The highest BCUT2D eigenvalue weighted by molar-refractivity contribution is 5.92. The van der Waals surface area contributed by atoms with Crippen LogP contribution >= 0.6 is 0 Å². The number of hydrogen-bond donors (Lipinski definition) is 0. The molecular formula is C25H26N+. The first-order valence-electron chi connectivity index (χ1n) is 13.3. The lowest BCUT2D eigenvalue weighted by Gasteiger charge is -2.47. The van der Waals surface area contributed by atoms with Crippen molar-refractivity contribution in [1.82, 2.24) is 0 Å². The topological polar surface area (TPSA) is 3.88 Å². The van der Waals surface area contributed by atoms with E-state index in [-0.39, 0.29) is 16.7 Å². The fraction of sp³-hybridized carbons (Fsp3) is 0.320. The standard InChI is InChI=1S/C25H26N/c1-15-9-11-17-18-12-10-16(2)21-22(18)25(5,20(17)14-15)24(3,4)19-8-7-13-26(6)23(19)21/h7-14H,1-6H3/q+1/i3D3,4D3,5D3. The molecule has 1 unspecified atom stereocenters. The van der Waals surface area contributed by atoms with E-state index >= 15 is 0 Å². The van der Waals surface area contributed by atoms with Crippen molar-refractivity contribution in [3.8, 4) is 22.4 Å². The molecule has 2 aliphatic carbocycles. The first kappa shape index (κ1) is 8.99. The SMILES string of the molecule is [2H]C([2H])([2H])C12c3cc(C)ccc3-c3ccc(C)c(c31)-c1c(ccc[n+]1C)C2(C([2H])([2H])[2H])C([2H])([2H])[2H]. The molecule has 5 rings (SSSR count). The van der Waals surface area contributed by atoms with E-state index in [1.807, 2.05) is 19.1 Å². The third-order valence-corrected chi connectivity index (χ3v) is 6.04. The van der Waals surface area contributed by atoms with Gasteiger partial charge in [-0.05, 0) is 47.7 Å². The number of rotatable bonds is 0. The van der Waals surface area contributed by atoms with Crippen molar-refractivity contribution in [2.45, 2.75) is 45.2 Å². The van der Waals surface area contributed by atoms with Crippen LogP contribution in [0, 0.1) is 13.8 Å². The monoisotopic (exact) mass is 349 g/mol. The number of fused-ring (bicyclic) bond motifs is 5. The molecule has 1 atom stereocenters. The van der Waals surface area contributed by atoms with Gasteiger partial charge in [0.15, 0.2) is 6.20 Å². The quantitative estimate of drug-likeness (QED) is 0.480. The van der Waals surface area contributed by atoms with Crippen molar-refractivity contribution in [2.75, 3.05) is 0 Å². The summed E-state index contributed by atoms with van der Waals surface area (Å²) in [7, 11) is 1.73. The molecule has 0 aliphatic heterocycles. The minimum atomic E-state index is -3.19. The summed E-state index contributed by atoms with van der Waals surface area (Å²) >= 11 is 0. The zero-order chi connectivity index (χ0) is 25.9. The zero-order valence-corrected chi connectivity index (χ0v) is 15.1. The van der Waals surface area contributed by atoms with Crippen molar-refractivity contribution >= 4 is 0 Å². The van der Waals surface area contributed by atoms with Gasteiger partial charge in [0.1, 0.15) is 7.05 Å². The van der Waals surface area contributed by atoms with E-state index in [1.54, 1.807) is 49.0 Å². The normalized spacial score (nSPS) is 27.7. The minimum absolute atomic E-state index is 0.0146. The second kappa shape index (κ2) is 4.65. The maximum Gasteiger partial charge on any atom is 0.216 e. The van der Waals surface area contributed by atoms with Gasteiger partial charge in [-0.15, -0.1) is 0 Å². The van der Waals surface area contributed by atoms with Gasteiger partial charge in [-0.1, -0.05) is 56.5 Å². The summed E-state index contributed by atoms with van der Waals surface area (Å²) < 4.78 is 81.3. The molecule has 1 aromatic heterocycles. The Morgan fingerprint density at radius 1 is 0.923 bits per heavy atom. The summed E-state index contributed by atoms with van der Waals surface area (Å²) in [4.78, 5) is 0. The van der Waals surface area contributed by atoms with Crippen LogP contribution in [0.5, 0.6) is 0 Å². The number of aryl methyl sites for hydroxylation is 3. The van der Waals surface area contributed by atoms with E-state index in [0.717, 1.165) is 11.1 Å². The van der Waals surface area contributed by atoms with E-state index in [0.29, 0.717) is 22.4 Å². The van der Waals surface area contributed by atoms with Gasteiger partial charge in [0, 0.05) is 34.8 Å². The van der Waals surface area contributed by atoms with Gasteiger partial charge in [0.2, 0.25) is 5.69 Å². The summed E-state index contributed by atoms with van der Waals surface area (Å²) in [6.45, 7) is -5.74. The van der Waals surface area contributed by atoms with Crippen molar-refractivity contribution in [1.29, 1.82) is 0 Å².